The van der Waals surface area contributed by atoms with Gasteiger partial charge in [-0.05, 0) is 26.2 Å². The Labute approximate surface area is 285 Å². The summed E-state index contributed by atoms with van der Waals surface area (Å²) in [6.45, 7) is 4.72. The van der Waals surface area contributed by atoms with Gasteiger partial charge in [0.15, 0.2) is 0 Å². The van der Waals surface area contributed by atoms with E-state index in [1.165, 1.54) is 6.92 Å². The molecule has 13 N–H and O–H groups in total. The number of carbonyl (C=O) groups excluding carboxylic acids is 6. The minimum absolute atomic E-state index is 0.330. The Kier molecular flexibility index (Phi) is 19.2. The Balaban J connectivity index is 5.76. The Morgan fingerprint density at radius 2 is 0.980 bits per heavy atom. The van der Waals surface area contributed by atoms with Gasteiger partial charge in [-0.3, -0.25) is 43.2 Å². The van der Waals surface area contributed by atoms with Gasteiger partial charge < -0.3 is 63.2 Å². The third-order valence-corrected chi connectivity index (χ3v) is 7.12. The van der Waals surface area contributed by atoms with Crippen LogP contribution in [0.25, 0.3) is 0 Å². The number of carboxylic acid groups (broad SMARTS) is 4. The molecule has 0 saturated heterocycles. The molecule has 0 aliphatic heterocycles. The van der Waals surface area contributed by atoms with Crippen molar-refractivity contribution in [2.45, 2.75) is 102 Å². The lowest BCUT2D eigenvalue weighted by Gasteiger charge is -2.27. The van der Waals surface area contributed by atoms with Crippen molar-refractivity contribution in [3.8, 4) is 0 Å². The maximum atomic E-state index is 13.0. The van der Waals surface area contributed by atoms with Crippen LogP contribution in [0.3, 0.4) is 0 Å². The van der Waals surface area contributed by atoms with Gasteiger partial charge in [-0.2, -0.15) is 0 Å². The first-order chi connectivity index (χ1) is 23.1. The number of nitrogens with two attached hydrogens (primary N) is 1. The number of rotatable bonds is 23. The van der Waals surface area contributed by atoms with Crippen LogP contribution in [0.15, 0.2) is 0 Å². The highest BCUT2D eigenvalue weighted by molar-refractivity contribution is 5.98. The average Bonchev–Trinajstić information content (AvgIpc) is 3.02. The van der Waals surface area contributed by atoms with Gasteiger partial charge in [-0.1, -0.05) is 20.3 Å². The Morgan fingerprint density at radius 1 is 0.560 bits per heavy atom. The average molecular weight is 720 g/mol. The highest BCUT2D eigenvalue weighted by atomic mass is 16.4. The van der Waals surface area contributed by atoms with E-state index in [0.717, 1.165) is 6.92 Å². The smallest absolute Gasteiger partial charge is 0.328 e. The molecule has 22 nitrogen and oxygen atoms in total. The molecule has 0 aromatic carbocycles. The van der Waals surface area contributed by atoms with Crippen LogP contribution in [0.4, 0.5) is 0 Å². The van der Waals surface area contributed by atoms with Gasteiger partial charge >= 0.3 is 23.9 Å². The zero-order valence-electron chi connectivity index (χ0n) is 27.8. The summed E-state index contributed by atoms with van der Waals surface area (Å²) in [4.78, 5) is 121. The van der Waals surface area contributed by atoms with E-state index in [9.17, 15) is 58.2 Å². The molecule has 50 heavy (non-hydrogen) atoms. The van der Waals surface area contributed by atoms with Crippen molar-refractivity contribution >= 4 is 59.3 Å². The molecule has 0 spiro atoms. The van der Waals surface area contributed by atoms with E-state index in [1.54, 1.807) is 13.8 Å². The summed E-state index contributed by atoms with van der Waals surface area (Å²) in [6, 6.07) is -11.0. The van der Waals surface area contributed by atoms with Crippen molar-refractivity contribution in [3.05, 3.63) is 0 Å². The van der Waals surface area contributed by atoms with Gasteiger partial charge in [0.25, 0.3) is 0 Å². The zero-order chi connectivity index (χ0) is 38.9. The number of carboxylic acids is 4. The van der Waals surface area contributed by atoms with Crippen molar-refractivity contribution in [1.82, 2.24) is 31.9 Å². The minimum Gasteiger partial charge on any atom is -0.481 e. The molecule has 0 unspecified atom stereocenters. The number of hydrogen-bond acceptors (Lipinski definition) is 12. The van der Waals surface area contributed by atoms with Crippen molar-refractivity contribution in [2.24, 2.45) is 11.7 Å². The summed E-state index contributed by atoms with van der Waals surface area (Å²) in [5.74, 6) is -13.0. The molecule has 8 atom stereocenters. The van der Waals surface area contributed by atoms with Crippen molar-refractivity contribution in [2.75, 3.05) is 6.61 Å². The van der Waals surface area contributed by atoms with Crippen molar-refractivity contribution < 1.29 is 73.5 Å². The van der Waals surface area contributed by atoms with Crippen LogP contribution >= 0.6 is 0 Å². The molecular formula is C28H45N7O15. The first-order valence-electron chi connectivity index (χ1n) is 15.2. The molecule has 0 aromatic rings. The van der Waals surface area contributed by atoms with Crippen molar-refractivity contribution in [1.29, 1.82) is 0 Å². The lowest BCUT2D eigenvalue weighted by molar-refractivity contribution is -0.143. The summed E-state index contributed by atoms with van der Waals surface area (Å²) in [5.41, 5.74) is 5.59. The van der Waals surface area contributed by atoms with Crippen LogP contribution in [0.1, 0.15) is 59.8 Å². The number of aliphatic hydroxyl groups excluding tert-OH is 1. The second-order valence-electron chi connectivity index (χ2n) is 11.3. The molecule has 282 valence electrons. The summed E-state index contributed by atoms with van der Waals surface area (Å²) >= 11 is 0. The van der Waals surface area contributed by atoms with Gasteiger partial charge in [0.1, 0.15) is 36.3 Å². The quantitative estimate of drug-likeness (QED) is 0.0471. The second kappa shape index (κ2) is 21.6. The van der Waals surface area contributed by atoms with Crippen LogP contribution in [0.5, 0.6) is 0 Å². The Hall–Kier alpha value is -5.38. The van der Waals surface area contributed by atoms with Gasteiger partial charge in [-0.25, -0.2) is 4.79 Å². The van der Waals surface area contributed by atoms with Crippen LogP contribution in [-0.4, -0.2) is 134 Å². The van der Waals surface area contributed by atoms with Gasteiger partial charge in [0, 0.05) is 6.42 Å². The van der Waals surface area contributed by atoms with E-state index in [2.05, 4.69) is 16.0 Å². The largest absolute Gasteiger partial charge is 0.481 e. The molecule has 0 bridgehead atoms. The molecular weight excluding hydrogens is 674 g/mol. The SMILES string of the molecule is CC[C@H](C)[C@H](NC(=O)[C@H](C)NC(=O)[C@H](CC(=O)O)NC(=O)[C@H](CC(=O)O)NC(=O)[C@@H](N)CCC(=O)O)C(=O)N[C@@H](C)C(=O)N[C@@H](CO)C(=O)O. The number of aliphatic carboxylic acids is 4. The lowest BCUT2D eigenvalue weighted by Crippen LogP contribution is -2.60. The lowest BCUT2D eigenvalue weighted by atomic mass is 9.97. The summed E-state index contributed by atoms with van der Waals surface area (Å²) in [7, 11) is 0. The molecule has 0 aliphatic rings. The number of aliphatic hydroxyl groups is 1. The number of nitrogens with one attached hydrogen (secondary N) is 6. The van der Waals surface area contributed by atoms with Gasteiger partial charge in [-0.15, -0.1) is 0 Å². The van der Waals surface area contributed by atoms with E-state index in [-0.39, 0.29) is 6.42 Å². The van der Waals surface area contributed by atoms with E-state index in [0.29, 0.717) is 6.42 Å². The molecule has 22 heteroatoms. The second-order valence-corrected chi connectivity index (χ2v) is 11.3. The van der Waals surface area contributed by atoms with Crippen LogP contribution in [0, 0.1) is 5.92 Å². The maximum absolute atomic E-state index is 13.0. The third kappa shape index (κ3) is 16.1. The van der Waals surface area contributed by atoms with Gasteiger partial charge in [0.2, 0.25) is 35.4 Å². The summed E-state index contributed by atoms with van der Waals surface area (Å²) in [5, 5.41) is 58.3. The molecule has 0 heterocycles. The zero-order valence-corrected chi connectivity index (χ0v) is 27.8. The molecule has 0 aromatic heterocycles. The van der Waals surface area contributed by atoms with Crippen LogP contribution in [-0.2, 0) is 47.9 Å². The fraction of sp³-hybridized carbons (Fsp3) is 0.643. The highest BCUT2D eigenvalue weighted by Crippen LogP contribution is 2.09. The van der Waals surface area contributed by atoms with Crippen LogP contribution in [0.2, 0.25) is 0 Å². The molecule has 6 amide bonds. The Bertz CT molecular complexity index is 1290. The number of carbonyl (C=O) groups is 10. The summed E-state index contributed by atoms with van der Waals surface area (Å²) in [6.07, 6.45) is -2.65. The fourth-order valence-corrected chi connectivity index (χ4v) is 3.94. The molecule has 0 radical (unpaired) electrons. The molecule has 0 fully saturated rings. The third-order valence-electron chi connectivity index (χ3n) is 7.12. The molecule has 0 saturated carbocycles. The summed E-state index contributed by atoms with van der Waals surface area (Å²) < 4.78 is 0. The fourth-order valence-electron chi connectivity index (χ4n) is 3.94. The van der Waals surface area contributed by atoms with E-state index in [1.807, 2.05) is 16.0 Å². The standard InChI is InChI=1S/C28H45N7O15/c1-5-11(2)21(27(48)31-12(3)22(43)34-17(10-36)28(49)50)35-23(44)13(4)30-25(46)15(8-19(39)40)33-26(47)16(9-20(41)42)32-24(45)14(29)6-7-18(37)38/h11-17,21,36H,5-10,29H2,1-4H3,(H,30,46)(H,31,48)(H,32,45)(H,33,47)(H,34,43)(H,35,44)(H,37,38)(H,39,40)(H,41,42)(H,49,50)/t11-,12-,13-,14-,15-,16-,17-,21-/m0/s1. The Morgan fingerprint density at radius 3 is 1.40 bits per heavy atom. The first kappa shape index (κ1) is 44.6. The van der Waals surface area contributed by atoms with E-state index in [4.69, 9.17) is 21.1 Å². The highest BCUT2D eigenvalue weighted by Gasteiger charge is 2.34. The number of amides is 6. The van der Waals surface area contributed by atoms with E-state index < -0.39 is 133 Å². The number of hydrogen-bond donors (Lipinski definition) is 12. The first-order valence-corrected chi connectivity index (χ1v) is 15.2. The monoisotopic (exact) mass is 719 g/mol. The topological polar surface area (TPSA) is 370 Å². The predicted octanol–water partition coefficient (Wildman–Crippen LogP) is -4.80. The minimum atomic E-state index is -1.91. The van der Waals surface area contributed by atoms with E-state index >= 15 is 0 Å². The molecule has 0 rings (SSSR count). The predicted molar refractivity (Wildman–Crippen MR) is 166 cm³/mol. The van der Waals surface area contributed by atoms with Crippen molar-refractivity contribution in [3.63, 3.8) is 0 Å². The molecule has 0 aliphatic carbocycles. The maximum Gasteiger partial charge on any atom is 0.328 e. The normalized spacial score (nSPS) is 15.6. The van der Waals surface area contributed by atoms with Crippen LogP contribution < -0.4 is 37.6 Å². The van der Waals surface area contributed by atoms with Gasteiger partial charge in [0.05, 0.1) is 25.5 Å².